The molecule has 3 heteroatoms. The van der Waals surface area contributed by atoms with Gasteiger partial charge in [-0.05, 0) is 32.0 Å². The molecule has 1 N–H and O–H groups in total. The highest BCUT2D eigenvalue weighted by molar-refractivity contribution is 5.02. The van der Waals surface area contributed by atoms with E-state index in [4.69, 9.17) is 0 Å². The van der Waals surface area contributed by atoms with Gasteiger partial charge in [-0.25, -0.2) is 0 Å². The van der Waals surface area contributed by atoms with Crippen LogP contribution in [-0.2, 0) is 6.54 Å². The third kappa shape index (κ3) is 4.75. The van der Waals surface area contributed by atoms with Gasteiger partial charge in [-0.15, -0.1) is 0 Å². The fourth-order valence-corrected chi connectivity index (χ4v) is 2.61. The number of hydrogen-bond donors (Lipinski definition) is 1. The Labute approximate surface area is 111 Å². The lowest BCUT2D eigenvalue weighted by atomic mass is 9.95. The van der Waals surface area contributed by atoms with Crippen molar-refractivity contribution < 1.29 is 0 Å². The SMILES string of the molecule is CN(CCNC1CCCCC1)Cc1ccccn1. The molecule has 0 aliphatic heterocycles. The molecule has 1 fully saturated rings. The highest BCUT2D eigenvalue weighted by Crippen LogP contribution is 2.16. The van der Waals surface area contributed by atoms with Crippen molar-refractivity contribution in [3.63, 3.8) is 0 Å². The summed E-state index contributed by atoms with van der Waals surface area (Å²) in [4.78, 5) is 6.69. The van der Waals surface area contributed by atoms with Crippen LogP contribution in [0.5, 0.6) is 0 Å². The van der Waals surface area contributed by atoms with E-state index in [0.717, 1.165) is 31.4 Å². The molecular weight excluding hydrogens is 222 g/mol. The number of pyridine rings is 1. The van der Waals surface area contributed by atoms with Gasteiger partial charge in [0.1, 0.15) is 0 Å². The zero-order valence-electron chi connectivity index (χ0n) is 11.4. The van der Waals surface area contributed by atoms with Gasteiger partial charge < -0.3 is 5.32 Å². The second-order valence-corrected chi connectivity index (χ2v) is 5.35. The number of nitrogens with one attached hydrogen (secondary N) is 1. The standard InChI is InChI=1S/C15H25N3/c1-18(13-15-9-5-6-10-16-15)12-11-17-14-7-3-2-4-8-14/h5-6,9-10,14,17H,2-4,7-8,11-13H2,1H3. The molecule has 1 aliphatic carbocycles. The van der Waals surface area contributed by atoms with Crippen molar-refractivity contribution in [2.45, 2.75) is 44.7 Å². The van der Waals surface area contributed by atoms with Gasteiger partial charge in [-0.1, -0.05) is 25.3 Å². The third-order valence-electron chi connectivity index (χ3n) is 3.69. The summed E-state index contributed by atoms with van der Waals surface area (Å²) in [6.45, 7) is 3.12. The van der Waals surface area contributed by atoms with Crippen LogP contribution in [-0.4, -0.2) is 36.1 Å². The molecule has 1 aliphatic rings. The summed E-state index contributed by atoms with van der Waals surface area (Å²) in [5, 5.41) is 3.68. The van der Waals surface area contributed by atoms with Crippen LogP contribution < -0.4 is 5.32 Å². The third-order valence-corrected chi connectivity index (χ3v) is 3.69. The van der Waals surface area contributed by atoms with E-state index >= 15 is 0 Å². The quantitative estimate of drug-likeness (QED) is 0.837. The van der Waals surface area contributed by atoms with Gasteiger partial charge in [-0.2, -0.15) is 0 Å². The summed E-state index contributed by atoms with van der Waals surface area (Å²) >= 11 is 0. The van der Waals surface area contributed by atoms with Crippen molar-refractivity contribution in [3.05, 3.63) is 30.1 Å². The van der Waals surface area contributed by atoms with Gasteiger partial charge >= 0.3 is 0 Å². The van der Waals surface area contributed by atoms with Gasteiger partial charge in [-0.3, -0.25) is 9.88 Å². The molecule has 0 atom stereocenters. The van der Waals surface area contributed by atoms with E-state index in [9.17, 15) is 0 Å². The number of nitrogens with zero attached hydrogens (tertiary/aromatic N) is 2. The minimum Gasteiger partial charge on any atom is -0.313 e. The predicted molar refractivity (Wildman–Crippen MR) is 75.4 cm³/mol. The number of rotatable bonds is 6. The van der Waals surface area contributed by atoms with Crippen LogP contribution in [0, 0.1) is 0 Å². The molecule has 1 saturated carbocycles. The first kappa shape index (κ1) is 13.5. The van der Waals surface area contributed by atoms with Gasteiger partial charge in [0.25, 0.3) is 0 Å². The van der Waals surface area contributed by atoms with Gasteiger partial charge in [0.15, 0.2) is 0 Å². The molecule has 2 rings (SSSR count). The maximum absolute atomic E-state index is 4.35. The van der Waals surface area contributed by atoms with Crippen LogP contribution in [0.2, 0.25) is 0 Å². The first-order valence-corrected chi connectivity index (χ1v) is 7.16. The maximum Gasteiger partial charge on any atom is 0.0543 e. The molecule has 0 aromatic carbocycles. The van der Waals surface area contributed by atoms with Crippen molar-refractivity contribution in [1.82, 2.24) is 15.2 Å². The molecule has 0 radical (unpaired) electrons. The smallest absolute Gasteiger partial charge is 0.0543 e. The zero-order valence-corrected chi connectivity index (χ0v) is 11.4. The van der Waals surface area contributed by atoms with E-state index < -0.39 is 0 Å². The Balaban J connectivity index is 1.61. The predicted octanol–water partition coefficient (Wildman–Crippen LogP) is 2.44. The zero-order chi connectivity index (χ0) is 12.6. The second-order valence-electron chi connectivity index (χ2n) is 5.35. The summed E-state index contributed by atoms with van der Waals surface area (Å²) in [5.74, 6) is 0. The second kappa shape index (κ2) is 7.49. The monoisotopic (exact) mass is 247 g/mol. The van der Waals surface area contributed by atoms with E-state index in [2.05, 4.69) is 34.4 Å². The van der Waals surface area contributed by atoms with Crippen molar-refractivity contribution in [2.24, 2.45) is 0 Å². The van der Waals surface area contributed by atoms with E-state index in [1.807, 2.05) is 12.3 Å². The van der Waals surface area contributed by atoms with Crippen LogP contribution in [0.15, 0.2) is 24.4 Å². The fourth-order valence-electron chi connectivity index (χ4n) is 2.61. The molecule has 1 heterocycles. The van der Waals surface area contributed by atoms with Crippen molar-refractivity contribution >= 4 is 0 Å². The molecule has 0 bridgehead atoms. The Morgan fingerprint density at radius 2 is 2.11 bits per heavy atom. The summed E-state index contributed by atoms with van der Waals surface area (Å²) in [5.41, 5.74) is 1.15. The van der Waals surface area contributed by atoms with Crippen LogP contribution >= 0.6 is 0 Å². The molecule has 0 unspecified atom stereocenters. The molecule has 0 spiro atoms. The molecule has 100 valence electrons. The summed E-state index contributed by atoms with van der Waals surface area (Å²) in [6.07, 6.45) is 8.83. The van der Waals surface area contributed by atoms with E-state index in [-0.39, 0.29) is 0 Å². The minimum absolute atomic E-state index is 0.766. The Hall–Kier alpha value is -0.930. The topological polar surface area (TPSA) is 28.2 Å². The van der Waals surface area contributed by atoms with Crippen molar-refractivity contribution in [1.29, 1.82) is 0 Å². The average Bonchev–Trinajstić information content (AvgIpc) is 2.41. The van der Waals surface area contributed by atoms with Crippen molar-refractivity contribution in [2.75, 3.05) is 20.1 Å². The van der Waals surface area contributed by atoms with Gasteiger partial charge in [0.2, 0.25) is 0 Å². The molecule has 0 amide bonds. The summed E-state index contributed by atoms with van der Waals surface area (Å²) in [6, 6.07) is 6.87. The Morgan fingerprint density at radius 1 is 1.28 bits per heavy atom. The van der Waals surface area contributed by atoms with Crippen molar-refractivity contribution in [3.8, 4) is 0 Å². The number of hydrogen-bond acceptors (Lipinski definition) is 3. The van der Waals surface area contributed by atoms with E-state index in [0.29, 0.717) is 0 Å². The first-order chi connectivity index (χ1) is 8.84. The minimum atomic E-state index is 0.766. The summed E-state index contributed by atoms with van der Waals surface area (Å²) in [7, 11) is 2.16. The van der Waals surface area contributed by atoms with Crippen LogP contribution in [0.3, 0.4) is 0 Å². The lowest BCUT2D eigenvalue weighted by Gasteiger charge is -2.24. The highest BCUT2D eigenvalue weighted by atomic mass is 15.1. The highest BCUT2D eigenvalue weighted by Gasteiger charge is 2.12. The molecule has 1 aromatic heterocycles. The molecule has 0 saturated heterocycles. The molecule has 3 nitrogen and oxygen atoms in total. The van der Waals surface area contributed by atoms with Crippen LogP contribution in [0.1, 0.15) is 37.8 Å². The lowest BCUT2D eigenvalue weighted by molar-refractivity contribution is 0.298. The number of likely N-dealkylation sites (N-methyl/N-ethyl adjacent to an activating group) is 1. The first-order valence-electron chi connectivity index (χ1n) is 7.16. The van der Waals surface area contributed by atoms with E-state index in [1.165, 1.54) is 32.1 Å². The molecular formula is C15H25N3. The number of aromatic nitrogens is 1. The van der Waals surface area contributed by atoms with E-state index in [1.54, 1.807) is 0 Å². The largest absolute Gasteiger partial charge is 0.313 e. The van der Waals surface area contributed by atoms with Crippen LogP contribution in [0.4, 0.5) is 0 Å². The average molecular weight is 247 g/mol. The van der Waals surface area contributed by atoms with Crippen LogP contribution in [0.25, 0.3) is 0 Å². The van der Waals surface area contributed by atoms with Gasteiger partial charge in [0, 0.05) is 31.9 Å². The Kier molecular flexibility index (Phi) is 5.62. The molecule has 18 heavy (non-hydrogen) atoms. The Bertz CT molecular complexity index is 320. The Morgan fingerprint density at radius 3 is 2.83 bits per heavy atom. The maximum atomic E-state index is 4.35. The van der Waals surface area contributed by atoms with Gasteiger partial charge in [0.05, 0.1) is 5.69 Å². The lowest BCUT2D eigenvalue weighted by Crippen LogP contribution is -2.36. The summed E-state index contributed by atoms with van der Waals surface area (Å²) < 4.78 is 0. The molecule has 1 aromatic rings. The fraction of sp³-hybridized carbons (Fsp3) is 0.667. The normalized spacial score (nSPS) is 17.2.